The Kier molecular flexibility index (Phi) is 7.47. The van der Waals surface area contributed by atoms with E-state index in [4.69, 9.17) is 16.3 Å². The first-order valence-corrected chi connectivity index (χ1v) is 9.08. The molecule has 4 nitrogen and oxygen atoms in total. The zero-order valence-corrected chi connectivity index (χ0v) is 16.1. The minimum Gasteiger partial charge on any atom is -0.452 e. The van der Waals surface area contributed by atoms with Crippen LogP contribution in [0.5, 0.6) is 0 Å². The van der Waals surface area contributed by atoms with Crippen molar-refractivity contribution < 1.29 is 14.3 Å². The zero-order chi connectivity index (χ0) is 18.2. The van der Waals surface area contributed by atoms with Gasteiger partial charge in [0.05, 0.1) is 10.6 Å². The smallest absolute Gasteiger partial charge is 0.340 e. The molecule has 0 saturated carbocycles. The Bertz CT molecular complexity index is 737. The SMILES string of the molecule is C[C@@H](CCc1ccccc1)NC(=O)COC(=O)c1cc(Br)ccc1Cl. The summed E-state index contributed by atoms with van der Waals surface area (Å²) in [6.45, 7) is 1.59. The second-order valence-corrected chi connectivity index (χ2v) is 7.02. The van der Waals surface area contributed by atoms with Crippen LogP contribution in [0.4, 0.5) is 0 Å². The van der Waals surface area contributed by atoms with E-state index < -0.39 is 5.97 Å². The summed E-state index contributed by atoms with van der Waals surface area (Å²) in [7, 11) is 0. The number of ether oxygens (including phenoxy) is 1. The molecule has 0 heterocycles. The molecule has 0 saturated heterocycles. The number of hydrogen-bond acceptors (Lipinski definition) is 3. The van der Waals surface area contributed by atoms with E-state index in [2.05, 4.69) is 33.4 Å². The van der Waals surface area contributed by atoms with Gasteiger partial charge in [-0.1, -0.05) is 57.9 Å². The second kappa shape index (κ2) is 9.59. The van der Waals surface area contributed by atoms with Crippen LogP contribution in [0.2, 0.25) is 5.02 Å². The number of rotatable bonds is 7. The molecular formula is C19H19BrClNO3. The minimum atomic E-state index is -0.626. The van der Waals surface area contributed by atoms with Crippen molar-refractivity contribution in [3.63, 3.8) is 0 Å². The number of halogens is 2. The molecule has 2 rings (SSSR count). The highest BCUT2D eigenvalue weighted by atomic mass is 79.9. The summed E-state index contributed by atoms with van der Waals surface area (Å²) < 4.78 is 5.74. The van der Waals surface area contributed by atoms with Crippen LogP contribution in [-0.2, 0) is 16.0 Å². The third kappa shape index (κ3) is 6.52. The summed E-state index contributed by atoms with van der Waals surface area (Å²) in [6, 6.07) is 14.9. The maximum Gasteiger partial charge on any atom is 0.340 e. The zero-order valence-electron chi connectivity index (χ0n) is 13.8. The lowest BCUT2D eigenvalue weighted by Gasteiger charge is -2.14. The summed E-state index contributed by atoms with van der Waals surface area (Å²) >= 11 is 9.24. The molecule has 1 amide bonds. The second-order valence-electron chi connectivity index (χ2n) is 5.69. The van der Waals surface area contributed by atoms with E-state index in [0.29, 0.717) is 4.47 Å². The minimum absolute atomic E-state index is 0.0131. The molecule has 0 radical (unpaired) electrons. The van der Waals surface area contributed by atoms with Gasteiger partial charge in [-0.15, -0.1) is 0 Å². The molecule has 0 aliphatic carbocycles. The van der Waals surface area contributed by atoms with Gasteiger partial charge < -0.3 is 10.1 Å². The van der Waals surface area contributed by atoms with Crippen LogP contribution in [-0.4, -0.2) is 24.5 Å². The van der Waals surface area contributed by atoms with Crippen LogP contribution in [0.3, 0.4) is 0 Å². The Balaban J connectivity index is 1.76. The van der Waals surface area contributed by atoms with Gasteiger partial charge in [0.2, 0.25) is 0 Å². The summed E-state index contributed by atoms with van der Waals surface area (Å²) in [5.41, 5.74) is 1.44. The third-order valence-electron chi connectivity index (χ3n) is 3.60. The van der Waals surface area contributed by atoms with Crippen molar-refractivity contribution >= 4 is 39.4 Å². The van der Waals surface area contributed by atoms with Crippen LogP contribution in [0.15, 0.2) is 53.0 Å². The Morgan fingerprint density at radius 1 is 1.20 bits per heavy atom. The number of benzene rings is 2. The van der Waals surface area contributed by atoms with E-state index in [0.717, 1.165) is 12.8 Å². The van der Waals surface area contributed by atoms with Crippen molar-refractivity contribution in [1.29, 1.82) is 0 Å². The summed E-state index contributed by atoms with van der Waals surface area (Å²) in [6.07, 6.45) is 1.68. The number of amides is 1. The number of nitrogens with one attached hydrogen (secondary N) is 1. The van der Waals surface area contributed by atoms with Gasteiger partial charge in [-0.05, 0) is 43.5 Å². The van der Waals surface area contributed by atoms with Crippen molar-refractivity contribution in [2.75, 3.05) is 6.61 Å². The lowest BCUT2D eigenvalue weighted by molar-refractivity contribution is -0.124. The average molecular weight is 425 g/mol. The molecule has 25 heavy (non-hydrogen) atoms. The van der Waals surface area contributed by atoms with E-state index in [9.17, 15) is 9.59 Å². The van der Waals surface area contributed by atoms with Crippen LogP contribution in [0.1, 0.15) is 29.3 Å². The van der Waals surface area contributed by atoms with Gasteiger partial charge in [-0.3, -0.25) is 4.79 Å². The maximum atomic E-state index is 12.0. The molecule has 1 N–H and O–H groups in total. The Hall–Kier alpha value is -1.85. The fraction of sp³-hybridized carbons (Fsp3) is 0.263. The molecule has 6 heteroatoms. The first-order valence-electron chi connectivity index (χ1n) is 7.91. The van der Waals surface area contributed by atoms with E-state index in [-0.39, 0.29) is 29.1 Å². The normalized spacial score (nSPS) is 11.6. The number of aryl methyl sites for hydroxylation is 1. The van der Waals surface area contributed by atoms with Crippen molar-refractivity contribution in [3.05, 3.63) is 69.2 Å². The van der Waals surface area contributed by atoms with Crippen molar-refractivity contribution in [2.45, 2.75) is 25.8 Å². The van der Waals surface area contributed by atoms with Crippen LogP contribution < -0.4 is 5.32 Å². The maximum absolute atomic E-state index is 12.0. The van der Waals surface area contributed by atoms with Gasteiger partial charge in [0.15, 0.2) is 6.61 Å². The molecule has 0 fully saturated rings. The molecule has 0 aliphatic heterocycles. The highest BCUT2D eigenvalue weighted by Crippen LogP contribution is 2.21. The lowest BCUT2D eigenvalue weighted by atomic mass is 10.1. The summed E-state index contributed by atoms with van der Waals surface area (Å²) in [4.78, 5) is 23.9. The van der Waals surface area contributed by atoms with Crippen LogP contribution >= 0.6 is 27.5 Å². The van der Waals surface area contributed by atoms with Gasteiger partial charge in [-0.2, -0.15) is 0 Å². The molecular weight excluding hydrogens is 406 g/mol. The lowest BCUT2D eigenvalue weighted by Crippen LogP contribution is -2.36. The Morgan fingerprint density at radius 3 is 2.64 bits per heavy atom. The van der Waals surface area contributed by atoms with E-state index in [1.165, 1.54) is 5.56 Å². The molecule has 0 unspecified atom stereocenters. The molecule has 132 valence electrons. The molecule has 0 spiro atoms. The van der Waals surface area contributed by atoms with Gasteiger partial charge in [0.25, 0.3) is 5.91 Å². The topological polar surface area (TPSA) is 55.4 Å². The first-order chi connectivity index (χ1) is 12.0. The van der Waals surface area contributed by atoms with E-state index >= 15 is 0 Å². The third-order valence-corrected chi connectivity index (χ3v) is 4.42. The molecule has 0 aromatic heterocycles. The monoisotopic (exact) mass is 423 g/mol. The molecule has 0 bridgehead atoms. The fourth-order valence-corrected chi connectivity index (χ4v) is 2.84. The number of esters is 1. The Morgan fingerprint density at radius 2 is 1.92 bits per heavy atom. The highest BCUT2D eigenvalue weighted by Gasteiger charge is 2.15. The van der Waals surface area contributed by atoms with Gasteiger partial charge in [0, 0.05) is 10.5 Å². The fourth-order valence-electron chi connectivity index (χ4n) is 2.28. The molecule has 2 aromatic rings. The first kappa shape index (κ1) is 19.5. The van der Waals surface area contributed by atoms with Crippen molar-refractivity contribution in [2.24, 2.45) is 0 Å². The number of carbonyl (C=O) groups excluding carboxylic acids is 2. The van der Waals surface area contributed by atoms with Crippen LogP contribution in [0.25, 0.3) is 0 Å². The quantitative estimate of drug-likeness (QED) is 0.670. The van der Waals surface area contributed by atoms with Crippen LogP contribution in [0, 0.1) is 0 Å². The largest absolute Gasteiger partial charge is 0.452 e. The number of carbonyl (C=O) groups is 2. The molecule has 2 aromatic carbocycles. The molecule has 1 atom stereocenters. The predicted molar refractivity (Wildman–Crippen MR) is 102 cm³/mol. The summed E-state index contributed by atoms with van der Waals surface area (Å²) in [5.74, 6) is -0.960. The Labute approximate surface area is 160 Å². The van der Waals surface area contributed by atoms with Gasteiger partial charge in [-0.25, -0.2) is 4.79 Å². The molecule has 0 aliphatic rings. The standard InChI is InChI=1S/C19H19BrClNO3/c1-13(7-8-14-5-3-2-4-6-14)22-18(23)12-25-19(24)16-11-15(20)9-10-17(16)21/h2-6,9-11,13H,7-8,12H2,1H3,(H,22,23)/t13-/m0/s1. The number of hydrogen-bond donors (Lipinski definition) is 1. The van der Waals surface area contributed by atoms with E-state index in [1.54, 1.807) is 18.2 Å². The van der Waals surface area contributed by atoms with E-state index in [1.807, 2.05) is 25.1 Å². The van der Waals surface area contributed by atoms with Gasteiger partial charge >= 0.3 is 5.97 Å². The average Bonchev–Trinajstić information content (AvgIpc) is 2.61. The summed E-state index contributed by atoms with van der Waals surface area (Å²) in [5, 5.41) is 3.11. The van der Waals surface area contributed by atoms with Crippen molar-refractivity contribution in [3.8, 4) is 0 Å². The predicted octanol–water partition coefficient (Wildman–Crippen LogP) is 4.40. The highest BCUT2D eigenvalue weighted by molar-refractivity contribution is 9.10. The van der Waals surface area contributed by atoms with Crippen molar-refractivity contribution in [1.82, 2.24) is 5.32 Å². The van der Waals surface area contributed by atoms with Gasteiger partial charge in [0.1, 0.15) is 0 Å².